The molecule has 1 unspecified atom stereocenters. The molecule has 2 aromatic carbocycles. The minimum atomic E-state index is -4.39. The first-order chi connectivity index (χ1) is 14.5. The van der Waals surface area contributed by atoms with E-state index in [9.17, 15) is 27.7 Å². The summed E-state index contributed by atoms with van der Waals surface area (Å²) in [6.45, 7) is 2.56. The Morgan fingerprint density at radius 2 is 1.77 bits per heavy atom. The lowest BCUT2D eigenvalue weighted by Crippen LogP contribution is -2.33. The maximum Gasteiger partial charge on any atom is 0.340 e. The number of hydrogen-bond acceptors (Lipinski definition) is 4. The second-order valence-corrected chi connectivity index (χ2v) is 7.24. The molecule has 0 aromatic heterocycles. The smallest absolute Gasteiger partial charge is 0.340 e. The largest absolute Gasteiger partial charge is 0.487 e. The average molecular weight is 459 g/mol. The summed E-state index contributed by atoms with van der Waals surface area (Å²) in [6, 6.07) is 10.7. The zero-order valence-electron chi connectivity index (χ0n) is 16.7. The van der Waals surface area contributed by atoms with Gasteiger partial charge in [-0.3, -0.25) is 10.1 Å². The van der Waals surface area contributed by atoms with E-state index in [1.807, 2.05) is 24.3 Å². The normalized spacial score (nSPS) is 12.4. The van der Waals surface area contributed by atoms with Crippen molar-refractivity contribution in [1.29, 1.82) is 0 Å². The van der Waals surface area contributed by atoms with Gasteiger partial charge in [-0.2, -0.15) is 8.78 Å². The summed E-state index contributed by atoms with van der Waals surface area (Å²) in [5.41, 5.74) is 1.41. The highest BCUT2D eigenvalue weighted by Crippen LogP contribution is 2.29. The van der Waals surface area contributed by atoms with Crippen LogP contribution in [0.3, 0.4) is 0 Å². The van der Waals surface area contributed by atoms with E-state index < -0.39 is 29.6 Å². The summed E-state index contributed by atoms with van der Waals surface area (Å²) in [5.74, 6) is -4.37. The topological polar surface area (TPSA) is 76.4 Å². The summed E-state index contributed by atoms with van der Waals surface area (Å²) in [6.07, 6.45) is -2.93. The van der Waals surface area contributed by atoms with Gasteiger partial charge in [-0.15, -0.1) is 0 Å². The molecular weight excluding hydrogens is 438 g/mol. The number of benzene rings is 2. The third kappa shape index (κ3) is 7.06. The number of hydrogen-bond donors (Lipinski definition) is 2. The van der Waals surface area contributed by atoms with E-state index in [-0.39, 0.29) is 16.5 Å². The molecule has 0 bridgehead atoms. The molecule has 0 heterocycles. The SMILES string of the molecule is CCC(C)c1ccc(NC(=S)Nc2cc(OCC(F)(F)C(F)F)cc([N+](=O)[O-])c2)cc1. The Kier molecular flexibility index (Phi) is 8.14. The maximum atomic E-state index is 13.1. The number of anilines is 2. The van der Waals surface area contributed by atoms with Crippen LogP contribution in [-0.4, -0.2) is 29.0 Å². The summed E-state index contributed by atoms with van der Waals surface area (Å²) >= 11 is 5.18. The predicted molar refractivity (Wildman–Crippen MR) is 115 cm³/mol. The molecule has 1 atom stereocenters. The Hall–Kier alpha value is -2.95. The van der Waals surface area contributed by atoms with Gasteiger partial charge in [0.1, 0.15) is 5.75 Å². The zero-order chi connectivity index (χ0) is 23.2. The Labute approximate surface area is 181 Å². The fraction of sp³-hybridized carbons (Fsp3) is 0.350. The van der Waals surface area contributed by atoms with Crippen molar-refractivity contribution in [2.24, 2.45) is 0 Å². The number of thiocarbonyl (C=S) groups is 1. The number of nitro groups is 1. The van der Waals surface area contributed by atoms with E-state index in [4.69, 9.17) is 12.2 Å². The van der Waals surface area contributed by atoms with Crippen LogP contribution in [0, 0.1) is 10.1 Å². The molecule has 6 nitrogen and oxygen atoms in total. The van der Waals surface area contributed by atoms with Gasteiger partial charge < -0.3 is 15.4 Å². The zero-order valence-corrected chi connectivity index (χ0v) is 17.5. The lowest BCUT2D eigenvalue weighted by Gasteiger charge is -2.17. The highest BCUT2D eigenvalue weighted by atomic mass is 32.1. The standard InChI is InChI=1S/C20H21F4N3O3S/c1-3-12(2)13-4-6-14(7-5-13)25-19(31)26-15-8-16(27(28)29)10-17(9-15)30-11-20(23,24)18(21)22/h4-10,12,18H,3,11H2,1-2H3,(H2,25,26,31). The first kappa shape index (κ1) is 24.3. The van der Waals surface area contributed by atoms with Crippen molar-refractivity contribution >= 4 is 34.4 Å². The molecule has 11 heteroatoms. The molecule has 2 rings (SSSR count). The molecule has 31 heavy (non-hydrogen) atoms. The molecule has 0 saturated carbocycles. The third-order valence-corrected chi connectivity index (χ3v) is 4.66. The molecule has 2 N–H and O–H groups in total. The highest BCUT2D eigenvalue weighted by molar-refractivity contribution is 7.80. The molecule has 0 fully saturated rings. The molecule has 0 aliphatic rings. The van der Waals surface area contributed by atoms with Crippen molar-refractivity contribution in [2.75, 3.05) is 17.2 Å². The number of ether oxygens (including phenoxy) is 1. The molecule has 0 saturated heterocycles. The summed E-state index contributed by atoms with van der Waals surface area (Å²) < 4.78 is 55.4. The van der Waals surface area contributed by atoms with Crippen LogP contribution in [0.5, 0.6) is 5.75 Å². The average Bonchev–Trinajstić information content (AvgIpc) is 2.72. The Balaban J connectivity index is 2.11. The van der Waals surface area contributed by atoms with Gasteiger partial charge in [0.2, 0.25) is 0 Å². The van der Waals surface area contributed by atoms with Gasteiger partial charge in [0.15, 0.2) is 11.7 Å². The van der Waals surface area contributed by atoms with Gasteiger partial charge in [0, 0.05) is 17.8 Å². The molecule has 0 amide bonds. The molecule has 0 aliphatic carbocycles. The van der Waals surface area contributed by atoms with Crippen molar-refractivity contribution in [3.63, 3.8) is 0 Å². The van der Waals surface area contributed by atoms with Crippen LogP contribution in [0.15, 0.2) is 42.5 Å². The van der Waals surface area contributed by atoms with Crippen molar-refractivity contribution in [3.05, 3.63) is 58.1 Å². The Bertz CT molecular complexity index is 926. The van der Waals surface area contributed by atoms with E-state index in [0.29, 0.717) is 11.6 Å². The first-order valence-corrected chi connectivity index (χ1v) is 9.69. The van der Waals surface area contributed by atoms with Gasteiger partial charge in [0.05, 0.1) is 16.7 Å². The van der Waals surface area contributed by atoms with E-state index in [1.165, 1.54) is 0 Å². The second kappa shape index (κ2) is 10.4. The van der Waals surface area contributed by atoms with Gasteiger partial charge >= 0.3 is 12.3 Å². The fourth-order valence-corrected chi connectivity index (χ4v) is 2.75. The number of nitro benzene ring substituents is 1. The minimum Gasteiger partial charge on any atom is -0.487 e. The quantitative estimate of drug-likeness (QED) is 0.201. The molecular formula is C20H21F4N3O3S. The van der Waals surface area contributed by atoms with E-state index in [0.717, 1.165) is 30.2 Å². The molecule has 2 aromatic rings. The van der Waals surface area contributed by atoms with Gasteiger partial charge in [-0.1, -0.05) is 26.0 Å². The van der Waals surface area contributed by atoms with Gasteiger partial charge in [-0.25, -0.2) is 8.78 Å². The number of alkyl halides is 4. The monoisotopic (exact) mass is 459 g/mol. The van der Waals surface area contributed by atoms with E-state index >= 15 is 0 Å². The van der Waals surface area contributed by atoms with E-state index in [2.05, 4.69) is 29.2 Å². The van der Waals surface area contributed by atoms with Crippen molar-refractivity contribution in [1.82, 2.24) is 0 Å². The Morgan fingerprint density at radius 1 is 1.16 bits per heavy atom. The third-order valence-electron chi connectivity index (χ3n) is 4.46. The summed E-state index contributed by atoms with van der Waals surface area (Å²) in [5, 5.41) is 16.8. The molecule has 0 aliphatic heterocycles. The number of rotatable bonds is 9. The molecule has 168 valence electrons. The lowest BCUT2D eigenvalue weighted by molar-refractivity contribution is -0.384. The number of non-ortho nitro benzene ring substituents is 1. The van der Waals surface area contributed by atoms with Crippen molar-refractivity contribution in [2.45, 2.75) is 38.5 Å². The molecule has 0 spiro atoms. The van der Waals surface area contributed by atoms with Crippen LogP contribution < -0.4 is 15.4 Å². The first-order valence-electron chi connectivity index (χ1n) is 9.28. The number of nitrogens with one attached hydrogen (secondary N) is 2. The van der Waals surface area contributed by atoms with Crippen LogP contribution in [-0.2, 0) is 0 Å². The fourth-order valence-electron chi connectivity index (χ4n) is 2.51. The van der Waals surface area contributed by atoms with Crippen LogP contribution >= 0.6 is 12.2 Å². The van der Waals surface area contributed by atoms with Crippen LogP contribution in [0.25, 0.3) is 0 Å². The number of nitrogens with zero attached hydrogens (tertiary/aromatic N) is 1. The summed E-state index contributed by atoms with van der Waals surface area (Å²) in [4.78, 5) is 10.3. The van der Waals surface area contributed by atoms with Crippen molar-refractivity contribution < 1.29 is 27.2 Å². The maximum absolute atomic E-state index is 13.1. The molecule has 0 radical (unpaired) electrons. The lowest BCUT2D eigenvalue weighted by atomic mass is 9.99. The summed E-state index contributed by atoms with van der Waals surface area (Å²) in [7, 11) is 0. The van der Waals surface area contributed by atoms with Crippen LogP contribution in [0.2, 0.25) is 0 Å². The minimum absolute atomic E-state index is 0.0679. The van der Waals surface area contributed by atoms with Gasteiger partial charge in [-0.05, 0) is 42.3 Å². The highest BCUT2D eigenvalue weighted by Gasteiger charge is 2.41. The van der Waals surface area contributed by atoms with Crippen LogP contribution in [0.1, 0.15) is 31.7 Å². The van der Waals surface area contributed by atoms with Crippen LogP contribution in [0.4, 0.5) is 34.6 Å². The second-order valence-electron chi connectivity index (χ2n) is 6.83. The number of halogens is 4. The van der Waals surface area contributed by atoms with E-state index in [1.54, 1.807) is 0 Å². The predicted octanol–water partition coefficient (Wildman–Crippen LogP) is 6.20. The Morgan fingerprint density at radius 3 is 2.32 bits per heavy atom. The van der Waals surface area contributed by atoms with Crippen molar-refractivity contribution in [3.8, 4) is 5.75 Å². The van der Waals surface area contributed by atoms with Gasteiger partial charge in [0.25, 0.3) is 5.69 Å².